The first-order chi connectivity index (χ1) is 6.22. The van der Waals surface area contributed by atoms with Crippen LogP contribution in [-0.2, 0) is 4.79 Å². The SMILES string of the molecule is CC(=O)/C=C/C1=CCCC(=NO)C1. The number of nitrogens with zero attached hydrogens (tertiary/aromatic N) is 1. The fourth-order valence-corrected chi connectivity index (χ4v) is 1.26. The molecule has 13 heavy (non-hydrogen) atoms. The van der Waals surface area contributed by atoms with Gasteiger partial charge < -0.3 is 5.21 Å². The summed E-state index contributed by atoms with van der Waals surface area (Å²) in [6, 6.07) is 0. The minimum Gasteiger partial charge on any atom is -0.411 e. The lowest BCUT2D eigenvalue weighted by molar-refractivity contribution is -0.112. The van der Waals surface area contributed by atoms with E-state index in [0.29, 0.717) is 6.42 Å². The van der Waals surface area contributed by atoms with Gasteiger partial charge in [-0.05, 0) is 31.4 Å². The fourth-order valence-electron chi connectivity index (χ4n) is 1.26. The fraction of sp³-hybridized carbons (Fsp3) is 0.400. The Hall–Kier alpha value is -1.38. The van der Waals surface area contributed by atoms with Gasteiger partial charge in [-0.1, -0.05) is 17.3 Å². The van der Waals surface area contributed by atoms with Crippen LogP contribution in [0.25, 0.3) is 0 Å². The van der Waals surface area contributed by atoms with Gasteiger partial charge in [0.2, 0.25) is 0 Å². The molecule has 0 atom stereocenters. The predicted octanol–water partition coefficient (Wildman–Crippen LogP) is 2.07. The van der Waals surface area contributed by atoms with Crippen molar-refractivity contribution in [2.45, 2.75) is 26.2 Å². The molecule has 70 valence electrons. The van der Waals surface area contributed by atoms with Crippen LogP contribution in [0.15, 0.2) is 29.0 Å². The average molecular weight is 179 g/mol. The molecule has 0 aliphatic heterocycles. The van der Waals surface area contributed by atoms with Crippen LogP contribution >= 0.6 is 0 Å². The highest BCUT2D eigenvalue weighted by atomic mass is 16.4. The summed E-state index contributed by atoms with van der Waals surface area (Å²) in [6.07, 6.45) is 7.73. The van der Waals surface area contributed by atoms with Crippen molar-refractivity contribution in [1.29, 1.82) is 0 Å². The van der Waals surface area contributed by atoms with Gasteiger partial charge in [0.15, 0.2) is 5.78 Å². The molecule has 0 aromatic carbocycles. The molecule has 0 aromatic heterocycles. The Bertz CT molecular complexity index is 287. The molecule has 0 saturated heterocycles. The number of hydrogen-bond donors (Lipinski definition) is 1. The third kappa shape index (κ3) is 3.23. The van der Waals surface area contributed by atoms with E-state index in [1.165, 1.54) is 13.0 Å². The van der Waals surface area contributed by atoms with Gasteiger partial charge in [-0.2, -0.15) is 0 Å². The van der Waals surface area contributed by atoms with Crippen molar-refractivity contribution in [1.82, 2.24) is 0 Å². The molecular formula is C10H13NO2. The van der Waals surface area contributed by atoms with Crippen LogP contribution in [-0.4, -0.2) is 16.7 Å². The van der Waals surface area contributed by atoms with Crippen molar-refractivity contribution in [3.63, 3.8) is 0 Å². The monoisotopic (exact) mass is 179 g/mol. The van der Waals surface area contributed by atoms with Gasteiger partial charge in [0, 0.05) is 6.42 Å². The molecule has 1 rings (SSSR count). The zero-order chi connectivity index (χ0) is 9.68. The third-order valence-corrected chi connectivity index (χ3v) is 1.92. The Morgan fingerprint density at radius 1 is 1.69 bits per heavy atom. The van der Waals surface area contributed by atoms with Gasteiger partial charge in [0.25, 0.3) is 0 Å². The highest BCUT2D eigenvalue weighted by Crippen LogP contribution is 2.16. The largest absolute Gasteiger partial charge is 0.411 e. The van der Waals surface area contributed by atoms with Crippen LogP contribution in [0.3, 0.4) is 0 Å². The maximum Gasteiger partial charge on any atom is 0.152 e. The van der Waals surface area contributed by atoms with Crippen molar-refractivity contribution in [3.8, 4) is 0 Å². The molecule has 1 aliphatic carbocycles. The van der Waals surface area contributed by atoms with E-state index >= 15 is 0 Å². The summed E-state index contributed by atoms with van der Waals surface area (Å²) in [6.45, 7) is 1.51. The number of hydrogen-bond acceptors (Lipinski definition) is 3. The molecule has 0 spiro atoms. The van der Waals surface area contributed by atoms with Crippen molar-refractivity contribution in [2.24, 2.45) is 5.16 Å². The molecule has 3 nitrogen and oxygen atoms in total. The molecule has 0 aromatic rings. The molecule has 1 aliphatic rings. The molecule has 0 radical (unpaired) electrons. The van der Waals surface area contributed by atoms with Crippen molar-refractivity contribution < 1.29 is 10.0 Å². The molecule has 0 fully saturated rings. The smallest absolute Gasteiger partial charge is 0.152 e. The summed E-state index contributed by atoms with van der Waals surface area (Å²) in [4.78, 5) is 10.6. The lowest BCUT2D eigenvalue weighted by Gasteiger charge is -2.09. The van der Waals surface area contributed by atoms with Gasteiger partial charge in [-0.15, -0.1) is 0 Å². The molecule has 0 saturated carbocycles. The van der Waals surface area contributed by atoms with Crippen molar-refractivity contribution in [2.75, 3.05) is 0 Å². The molecule has 0 heterocycles. The van der Waals surface area contributed by atoms with E-state index in [-0.39, 0.29) is 5.78 Å². The van der Waals surface area contributed by atoms with Crippen LogP contribution in [0.1, 0.15) is 26.2 Å². The second kappa shape index (κ2) is 4.60. The first kappa shape index (κ1) is 9.71. The third-order valence-electron chi connectivity index (χ3n) is 1.92. The van der Waals surface area contributed by atoms with Crippen LogP contribution in [0, 0.1) is 0 Å². The number of carbonyl (C=O) groups excluding carboxylic acids is 1. The second-order valence-corrected chi connectivity index (χ2v) is 3.10. The van der Waals surface area contributed by atoms with E-state index in [2.05, 4.69) is 11.2 Å². The molecular weight excluding hydrogens is 166 g/mol. The first-order valence-corrected chi connectivity index (χ1v) is 4.30. The van der Waals surface area contributed by atoms with Crippen molar-refractivity contribution in [3.05, 3.63) is 23.8 Å². The van der Waals surface area contributed by atoms with Gasteiger partial charge >= 0.3 is 0 Å². The van der Waals surface area contributed by atoms with Crippen molar-refractivity contribution >= 4 is 11.5 Å². The zero-order valence-electron chi connectivity index (χ0n) is 7.66. The summed E-state index contributed by atoms with van der Waals surface area (Å²) < 4.78 is 0. The zero-order valence-corrected chi connectivity index (χ0v) is 7.66. The Kier molecular flexibility index (Phi) is 3.43. The quantitative estimate of drug-likeness (QED) is 0.401. The number of rotatable bonds is 2. The Morgan fingerprint density at radius 2 is 2.46 bits per heavy atom. The molecule has 0 bridgehead atoms. The number of carbonyl (C=O) groups is 1. The van der Waals surface area contributed by atoms with Gasteiger partial charge in [-0.25, -0.2) is 0 Å². The Balaban J connectivity index is 2.61. The maximum absolute atomic E-state index is 10.6. The van der Waals surface area contributed by atoms with E-state index in [4.69, 9.17) is 5.21 Å². The molecule has 3 heteroatoms. The van der Waals surface area contributed by atoms with Crippen LogP contribution in [0.2, 0.25) is 0 Å². The minimum atomic E-state index is 0.0361. The second-order valence-electron chi connectivity index (χ2n) is 3.10. The summed E-state index contributed by atoms with van der Waals surface area (Å²) >= 11 is 0. The van der Waals surface area contributed by atoms with Gasteiger partial charge in [-0.3, -0.25) is 4.79 Å². The normalized spacial score (nSPS) is 20.7. The number of oxime groups is 1. The average Bonchev–Trinajstić information content (AvgIpc) is 2.15. The molecule has 0 unspecified atom stereocenters. The van der Waals surface area contributed by atoms with E-state index in [1.54, 1.807) is 6.08 Å². The predicted molar refractivity (Wildman–Crippen MR) is 51.0 cm³/mol. The van der Waals surface area contributed by atoms with Gasteiger partial charge in [0.05, 0.1) is 5.71 Å². The topological polar surface area (TPSA) is 49.7 Å². The minimum absolute atomic E-state index is 0.0361. The van der Waals surface area contributed by atoms with Gasteiger partial charge in [0.1, 0.15) is 0 Å². The Labute approximate surface area is 77.4 Å². The summed E-state index contributed by atoms with van der Waals surface area (Å²) in [5.74, 6) is 0.0361. The highest BCUT2D eigenvalue weighted by molar-refractivity contribution is 5.90. The summed E-state index contributed by atoms with van der Waals surface area (Å²) in [5.41, 5.74) is 1.83. The van der Waals surface area contributed by atoms with E-state index < -0.39 is 0 Å². The summed E-state index contributed by atoms with van der Waals surface area (Å²) in [7, 11) is 0. The van der Waals surface area contributed by atoms with Crippen LogP contribution < -0.4 is 0 Å². The maximum atomic E-state index is 10.6. The Morgan fingerprint density at radius 3 is 3.08 bits per heavy atom. The summed E-state index contributed by atoms with van der Waals surface area (Å²) in [5, 5.41) is 11.7. The van der Waals surface area contributed by atoms with Crippen LogP contribution in [0.5, 0.6) is 0 Å². The van der Waals surface area contributed by atoms with Crippen LogP contribution in [0.4, 0.5) is 0 Å². The lowest BCUT2D eigenvalue weighted by Crippen LogP contribution is -2.04. The van der Waals surface area contributed by atoms with E-state index in [1.807, 2.05) is 0 Å². The first-order valence-electron chi connectivity index (χ1n) is 4.30. The number of ketones is 1. The van der Waals surface area contributed by atoms with E-state index in [0.717, 1.165) is 24.1 Å². The molecule has 0 amide bonds. The number of allylic oxidation sites excluding steroid dienone is 4. The highest BCUT2D eigenvalue weighted by Gasteiger charge is 2.07. The molecule has 1 N–H and O–H groups in total. The van der Waals surface area contributed by atoms with E-state index in [9.17, 15) is 4.79 Å². The lowest BCUT2D eigenvalue weighted by atomic mass is 9.97. The standard InChI is InChI=1S/C10H13NO2/c1-8(12)5-6-9-3-2-4-10(7-9)11-13/h3,5-6,13H,2,4,7H2,1H3/b6-5+,11-10?.